The van der Waals surface area contributed by atoms with E-state index in [-0.39, 0.29) is 0 Å². The maximum atomic E-state index is 2.40. The molecule has 0 amide bonds. The summed E-state index contributed by atoms with van der Waals surface area (Å²) < 4.78 is 0. The molecular formula is C9H16. The first kappa shape index (κ1) is 6.85. The summed E-state index contributed by atoms with van der Waals surface area (Å²) in [5.41, 5.74) is 0. The highest BCUT2D eigenvalue weighted by atomic mass is 14.1. The van der Waals surface area contributed by atoms with Gasteiger partial charge in [-0.2, -0.15) is 0 Å². The molecule has 1 atom stereocenters. The first-order valence-corrected chi connectivity index (χ1v) is 4.10. The molecule has 0 unspecified atom stereocenters. The summed E-state index contributed by atoms with van der Waals surface area (Å²) in [4.78, 5) is 0. The second kappa shape index (κ2) is 3.71. The normalized spacial score (nSPS) is 27.9. The van der Waals surface area contributed by atoms with E-state index in [0.717, 1.165) is 5.92 Å². The molecule has 0 aromatic heterocycles. The predicted molar refractivity (Wildman–Crippen MR) is 41.4 cm³/mol. The lowest BCUT2D eigenvalue weighted by molar-refractivity contribution is 0.547. The fourth-order valence-electron chi connectivity index (χ4n) is 1.39. The second-order valence-corrected chi connectivity index (χ2v) is 2.88. The SMILES string of the molecule is CC[C@@H]1C=CCCCC1. The zero-order chi connectivity index (χ0) is 6.53. The smallest absolute Gasteiger partial charge is 0.0236 e. The van der Waals surface area contributed by atoms with Crippen LogP contribution < -0.4 is 0 Å². The van der Waals surface area contributed by atoms with Crippen molar-refractivity contribution in [2.75, 3.05) is 0 Å². The third-order valence-electron chi connectivity index (χ3n) is 2.13. The largest absolute Gasteiger partial charge is 0.0883 e. The topological polar surface area (TPSA) is 0 Å². The molecule has 1 aliphatic carbocycles. The van der Waals surface area contributed by atoms with Gasteiger partial charge in [0.1, 0.15) is 0 Å². The Balaban J connectivity index is 2.33. The van der Waals surface area contributed by atoms with Crippen molar-refractivity contribution in [3.05, 3.63) is 12.2 Å². The Labute approximate surface area is 58.0 Å². The minimum atomic E-state index is 0.896. The molecule has 0 N–H and O–H groups in total. The highest BCUT2D eigenvalue weighted by Gasteiger charge is 2.03. The van der Waals surface area contributed by atoms with Gasteiger partial charge in [-0.15, -0.1) is 0 Å². The van der Waals surface area contributed by atoms with Gasteiger partial charge in [0.05, 0.1) is 0 Å². The zero-order valence-electron chi connectivity index (χ0n) is 6.27. The van der Waals surface area contributed by atoms with Crippen LogP contribution in [0.2, 0.25) is 0 Å². The van der Waals surface area contributed by atoms with E-state index in [1.165, 1.54) is 32.1 Å². The van der Waals surface area contributed by atoms with E-state index in [9.17, 15) is 0 Å². The van der Waals surface area contributed by atoms with Crippen LogP contribution in [0.25, 0.3) is 0 Å². The van der Waals surface area contributed by atoms with Crippen molar-refractivity contribution >= 4 is 0 Å². The first-order chi connectivity index (χ1) is 4.43. The van der Waals surface area contributed by atoms with Crippen LogP contribution in [0, 0.1) is 5.92 Å². The summed E-state index contributed by atoms with van der Waals surface area (Å²) in [6.07, 6.45) is 11.7. The Kier molecular flexibility index (Phi) is 2.82. The average molecular weight is 124 g/mol. The molecule has 0 aromatic carbocycles. The van der Waals surface area contributed by atoms with Crippen LogP contribution in [0.4, 0.5) is 0 Å². The Morgan fingerprint density at radius 1 is 1.44 bits per heavy atom. The van der Waals surface area contributed by atoms with Gasteiger partial charge in [0.2, 0.25) is 0 Å². The summed E-state index contributed by atoms with van der Waals surface area (Å²) >= 11 is 0. The van der Waals surface area contributed by atoms with Gasteiger partial charge in [-0.05, 0) is 31.6 Å². The molecule has 0 radical (unpaired) electrons. The van der Waals surface area contributed by atoms with Crippen molar-refractivity contribution < 1.29 is 0 Å². The van der Waals surface area contributed by atoms with Crippen LogP contribution in [0.1, 0.15) is 39.0 Å². The minimum Gasteiger partial charge on any atom is -0.0883 e. The van der Waals surface area contributed by atoms with Crippen LogP contribution >= 0.6 is 0 Å². The molecule has 0 nitrogen and oxygen atoms in total. The number of allylic oxidation sites excluding steroid dienone is 2. The molecule has 0 bridgehead atoms. The van der Waals surface area contributed by atoms with Crippen LogP contribution in [0.15, 0.2) is 12.2 Å². The van der Waals surface area contributed by atoms with E-state index in [4.69, 9.17) is 0 Å². The average Bonchev–Trinajstić information content (AvgIpc) is 2.13. The predicted octanol–water partition coefficient (Wildman–Crippen LogP) is 3.14. The van der Waals surface area contributed by atoms with Crippen LogP contribution in [-0.2, 0) is 0 Å². The van der Waals surface area contributed by atoms with Gasteiger partial charge in [0, 0.05) is 0 Å². The second-order valence-electron chi connectivity index (χ2n) is 2.88. The molecule has 9 heavy (non-hydrogen) atoms. The summed E-state index contributed by atoms with van der Waals surface area (Å²) in [7, 11) is 0. The van der Waals surface area contributed by atoms with E-state index in [2.05, 4.69) is 19.1 Å². The van der Waals surface area contributed by atoms with Crippen LogP contribution in [0.3, 0.4) is 0 Å². The molecule has 0 spiro atoms. The van der Waals surface area contributed by atoms with Gasteiger partial charge in [0.25, 0.3) is 0 Å². The van der Waals surface area contributed by atoms with E-state index in [1.807, 2.05) is 0 Å². The summed E-state index contributed by atoms with van der Waals surface area (Å²) in [5, 5.41) is 0. The van der Waals surface area contributed by atoms with E-state index < -0.39 is 0 Å². The van der Waals surface area contributed by atoms with Gasteiger partial charge in [-0.25, -0.2) is 0 Å². The van der Waals surface area contributed by atoms with Crippen LogP contribution in [-0.4, -0.2) is 0 Å². The molecule has 0 fully saturated rings. The van der Waals surface area contributed by atoms with Gasteiger partial charge in [-0.1, -0.05) is 25.5 Å². The molecule has 1 aliphatic rings. The van der Waals surface area contributed by atoms with Crippen LogP contribution in [0.5, 0.6) is 0 Å². The molecule has 0 heterocycles. The lowest BCUT2D eigenvalue weighted by atomic mass is 10.0. The van der Waals surface area contributed by atoms with Crippen molar-refractivity contribution in [2.24, 2.45) is 5.92 Å². The molecule has 1 rings (SSSR count). The molecule has 52 valence electrons. The first-order valence-electron chi connectivity index (χ1n) is 4.10. The van der Waals surface area contributed by atoms with Gasteiger partial charge in [0.15, 0.2) is 0 Å². The third-order valence-corrected chi connectivity index (χ3v) is 2.13. The molecule has 0 aromatic rings. The molecule has 0 heteroatoms. The number of hydrogen-bond donors (Lipinski definition) is 0. The Morgan fingerprint density at radius 3 is 3.11 bits per heavy atom. The van der Waals surface area contributed by atoms with E-state index in [1.54, 1.807) is 0 Å². The Morgan fingerprint density at radius 2 is 2.33 bits per heavy atom. The van der Waals surface area contributed by atoms with Gasteiger partial charge in [-0.3, -0.25) is 0 Å². The molecule has 0 saturated heterocycles. The summed E-state index contributed by atoms with van der Waals surface area (Å²) in [6.45, 7) is 2.28. The molecule has 0 saturated carbocycles. The highest BCUT2D eigenvalue weighted by Crippen LogP contribution is 2.18. The number of rotatable bonds is 1. The lowest BCUT2D eigenvalue weighted by Gasteiger charge is -2.04. The molecule has 0 aliphatic heterocycles. The minimum absolute atomic E-state index is 0.896. The maximum absolute atomic E-state index is 2.40. The quantitative estimate of drug-likeness (QED) is 0.471. The van der Waals surface area contributed by atoms with Crippen molar-refractivity contribution in [1.29, 1.82) is 0 Å². The highest BCUT2D eigenvalue weighted by molar-refractivity contribution is 4.90. The van der Waals surface area contributed by atoms with E-state index in [0.29, 0.717) is 0 Å². The lowest BCUT2D eigenvalue weighted by Crippen LogP contribution is -1.90. The maximum Gasteiger partial charge on any atom is -0.0236 e. The monoisotopic (exact) mass is 124 g/mol. The van der Waals surface area contributed by atoms with Gasteiger partial charge < -0.3 is 0 Å². The van der Waals surface area contributed by atoms with Gasteiger partial charge >= 0.3 is 0 Å². The van der Waals surface area contributed by atoms with Crippen molar-refractivity contribution in [3.8, 4) is 0 Å². The number of hydrogen-bond acceptors (Lipinski definition) is 0. The molecular weight excluding hydrogens is 108 g/mol. The summed E-state index contributed by atoms with van der Waals surface area (Å²) in [5.74, 6) is 0.896. The van der Waals surface area contributed by atoms with Crippen molar-refractivity contribution in [2.45, 2.75) is 39.0 Å². The van der Waals surface area contributed by atoms with Crippen molar-refractivity contribution in [3.63, 3.8) is 0 Å². The third kappa shape index (κ3) is 2.21. The zero-order valence-corrected chi connectivity index (χ0v) is 6.27. The summed E-state index contributed by atoms with van der Waals surface area (Å²) in [6, 6.07) is 0. The standard InChI is InChI=1S/C9H16/c1-2-9-7-5-3-4-6-8-9/h5,7,9H,2-4,6,8H2,1H3/t9-/m1/s1. The van der Waals surface area contributed by atoms with Crippen molar-refractivity contribution in [1.82, 2.24) is 0 Å². The fourth-order valence-corrected chi connectivity index (χ4v) is 1.39. The fraction of sp³-hybridized carbons (Fsp3) is 0.778. The Bertz CT molecular complexity index is 92.2. The Hall–Kier alpha value is -0.260. The van der Waals surface area contributed by atoms with E-state index >= 15 is 0 Å².